The molecule has 0 unspecified atom stereocenters. The molecular weight excluding hydrogens is 170 g/mol. The van der Waals surface area contributed by atoms with E-state index < -0.39 is 0 Å². The SMILES string of the molecule is CCN=Cc1c(C)[nH]n(C)c1=S. The molecule has 0 atom stereocenters. The normalized spacial score (nSPS) is 11.2. The van der Waals surface area contributed by atoms with E-state index in [0.717, 1.165) is 22.4 Å². The Morgan fingerprint density at radius 3 is 2.75 bits per heavy atom. The topological polar surface area (TPSA) is 33.1 Å². The first-order valence-corrected chi connectivity index (χ1v) is 4.33. The van der Waals surface area contributed by atoms with Crippen molar-refractivity contribution in [1.29, 1.82) is 0 Å². The Bertz CT molecular complexity index is 346. The number of nitrogens with zero attached hydrogens (tertiary/aromatic N) is 2. The first kappa shape index (κ1) is 9.19. The second kappa shape index (κ2) is 3.67. The zero-order valence-corrected chi connectivity index (χ0v) is 8.40. The van der Waals surface area contributed by atoms with Crippen molar-refractivity contribution in [2.45, 2.75) is 13.8 Å². The molecule has 1 aromatic heterocycles. The Morgan fingerprint density at radius 2 is 2.33 bits per heavy atom. The quantitative estimate of drug-likeness (QED) is 0.550. The van der Waals surface area contributed by atoms with Gasteiger partial charge in [-0.15, -0.1) is 0 Å². The van der Waals surface area contributed by atoms with E-state index in [1.807, 2.05) is 31.8 Å². The van der Waals surface area contributed by atoms with Crippen molar-refractivity contribution >= 4 is 18.4 Å². The molecule has 0 saturated carbocycles. The molecule has 0 aliphatic rings. The van der Waals surface area contributed by atoms with Crippen LogP contribution >= 0.6 is 12.2 Å². The monoisotopic (exact) mass is 183 g/mol. The van der Waals surface area contributed by atoms with Crippen LogP contribution in [0.15, 0.2) is 4.99 Å². The number of rotatable bonds is 2. The van der Waals surface area contributed by atoms with Gasteiger partial charge in [-0.2, -0.15) is 0 Å². The van der Waals surface area contributed by atoms with Crippen LogP contribution in [0.5, 0.6) is 0 Å². The zero-order chi connectivity index (χ0) is 9.14. The van der Waals surface area contributed by atoms with Crippen LogP contribution in [0.25, 0.3) is 0 Å². The number of hydrogen-bond acceptors (Lipinski definition) is 2. The fraction of sp³-hybridized carbons (Fsp3) is 0.500. The van der Waals surface area contributed by atoms with Gasteiger partial charge in [0.15, 0.2) is 0 Å². The number of aryl methyl sites for hydroxylation is 2. The standard InChI is InChI=1S/C8H13N3S/c1-4-9-5-7-6(2)10-11(3)8(7)12/h5,10H,4H2,1-3H3. The lowest BCUT2D eigenvalue weighted by molar-refractivity contribution is 0.747. The average Bonchev–Trinajstić information content (AvgIpc) is 2.25. The highest BCUT2D eigenvalue weighted by Crippen LogP contribution is 2.04. The third-order valence-corrected chi connectivity index (χ3v) is 2.17. The van der Waals surface area contributed by atoms with Crippen LogP contribution in [0.3, 0.4) is 0 Å². The van der Waals surface area contributed by atoms with Crippen LogP contribution in [0, 0.1) is 11.6 Å². The number of aromatic nitrogens is 2. The van der Waals surface area contributed by atoms with Crippen molar-refractivity contribution in [1.82, 2.24) is 9.78 Å². The maximum absolute atomic E-state index is 5.17. The van der Waals surface area contributed by atoms with Crippen LogP contribution in [0.2, 0.25) is 0 Å². The lowest BCUT2D eigenvalue weighted by Crippen LogP contribution is -1.88. The van der Waals surface area contributed by atoms with Crippen molar-refractivity contribution < 1.29 is 0 Å². The molecule has 0 amide bonds. The van der Waals surface area contributed by atoms with Crippen molar-refractivity contribution in [2.24, 2.45) is 12.0 Å². The lowest BCUT2D eigenvalue weighted by Gasteiger charge is -1.85. The van der Waals surface area contributed by atoms with E-state index in [0.29, 0.717) is 0 Å². The van der Waals surface area contributed by atoms with E-state index in [9.17, 15) is 0 Å². The molecule has 1 rings (SSSR count). The summed E-state index contributed by atoms with van der Waals surface area (Å²) in [6.45, 7) is 4.79. The fourth-order valence-corrected chi connectivity index (χ4v) is 1.29. The first-order valence-electron chi connectivity index (χ1n) is 3.92. The van der Waals surface area contributed by atoms with Crippen LogP contribution < -0.4 is 0 Å². The molecule has 0 fully saturated rings. The van der Waals surface area contributed by atoms with E-state index >= 15 is 0 Å². The Kier molecular flexibility index (Phi) is 2.81. The van der Waals surface area contributed by atoms with Crippen LogP contribution in [0.1, 0.15) is 18.2 Å². The van der Waals surface area contributed by atoms with Gasteiger partial charge in [0.2, 0.25) is 0 Å². The average molecular weight is 183 g/mol. The molecule has 0 radical (unpaired) electrons. The molecule has 1 aromatic rings. The van der Waals surface area contributed by atoms with Gasteiger partial charge in [-0.1, -0.05) is 12.2 Å². The maximum Gasteiger partial charge on any atom is 0.130 e. The minimum atomic E-state index is 0.795. The predicted octanol–water partition coefficient (Wildman–Crippen LogP) is 1.83. The molecule has 0 spiro atoms. The van der Waals surface area contributed by atoms with Gasteiger partial charge < -0.3 is 5.10 Å². The largest absolute Gasteiger partial charge is 0.301 e. The second-order valence-electron chi connectivity index (χ2n) is 2.64. The molecule has 0 saturated heterocycles. The Balaban J connectivity index is 3.14. The van der Waals surface area contributed by atoms with Gasteiger partial charge in [0.1, 0.15) is 4.64 Å². The smallest absolute Gasteiger partial charge is 0.130 e. The maximum atomic E-state index is 5.17. The molecule has 0 bridgehead atoms. The van der Waals surface area contributed by atoms with E-state index in [-0.39, 0.29) is 0 Å². The number of hydrogen-bond donors (Lipinski definition) is 1. The minimum Gasteiger partial charge on any atom is -0.301 e. The van der Waals surface area contributed by atoms with Crippen molar-refractivity contribution in [2.75, 3.05) is 6.54 Å². The van der Waals surface area contributed by atoms with Crippen LogP contribution in [-0.2, 0) is 7.05 Å². The van der Waals surface area contributed by atoms with Gasteiger partial charge in [0, 0.05) is 31.1 Å². The Morgan fingerprint density at radius 1 is 1.67 bits per heavy atom. The highest BCUT2D eigenvalue weighted by molar-refractivity contribution is 7.71. The molecule has 1 N–H and O–H groups in total. The molecule has 3 nitrogen and oxygen atoms in total. The molecule has 0 aromatic carbocycles. The molecule has 1 heterocycles. The van der Waals surface area contributed by atoms with E-state index in [2.05, 4.69) is 10.1 Å². The summed E-state index contributed by atoms with van der Waals surface area (Å²) in [4.78, 5) is 4.15. The highest BCUT2D eigenvalue weighted by Gasteiger charge is 2.01. The van der Waals surface area contributed by atoms with Gasteiger partial charge in [-0.3, -0.25) is 9.67 Å². The third-order valence-electron chi connectivity index (χ3n) is 1.68. The number of aliphatic imine (C=N–C) groups is 1. The van der Waals surface area contributed by atoms with Crippen molar-refractivity contribution in [3.63, 3.8) is 0 Å². The van der Waals surface area contributed by atoms with Gasteiger partial charge in [-0.05, 0) is 13.8 Å². The molecular formula is C8H13N3S. The summed E-state index contributed by atoms with van der Waals surface area (Å²) in [5.41, 5.74) is 2.09. The number of aromatic amines is 1. The summed E-state index contributed by atoms with van der Waals surface area (Å²) in [6, 6.07) is 0. The summed E-state index contributed by atoms with van der Waals surface area (Å²) >= 11 is 5.17. The van der Waals surface area contributed by atoms with E-state index in [4.69, 9.17) is 12.2 Å². The van der Waals surface area contributed by atoms with Crippen LogP contribution in [-0.4, -0.2) is 22.5 Å². The Labute approximate surface area is 77.1 Å². The number of nitrogens with one attached hydrogen (secondary N) is 1. The summed E-state index contributed by atoms with van der Waals surface area (Å²) in [5, 5.41) is 3.11. The van der Waals surface area contributed by atoms with Gasteiger partial charge in [0.05, 0.1) is 0 Å². The number of H-pyrrole nitrogens is 1. The fourth-order valence-electron chi connectivity index (χ4n) is 1.04. The first-order chi connectivity index (χ1) is 5.66. The van der Waals surface area contributed by atoms with Gasteiger partial charge in [-0.25, -0.2) is 0 Å². The third kappa shape index (κ3) is 1.64. The molecule has 0 aliphatic heterocycles. The predicted molar refractivity (Wildman–Crippen MR) is 53.5 cm³/mol. The van der Waals surface area contributed by atoms with Gasteiger partial charge >= 0.3 is 0 Å². The minimum absolute atomic E-state index is 0.795. The molecule has 0 aliphatic carbocycles. The molecule has 66 valence electrons. The summed E-state index contributed by atoms with van der Waals surface area (Å²) < 4.78 is 2.63. The highest BCUT2D eigenvalue weighted by atomic mass is 32.1. The zero-order valence-electron chi connectivity index (χ0n) is 7.59. The van der Waals surface area contributed by atoms with E-state index in [1.54, 1.807) is 0 Å². The van der Waals surface area contributed by atoms with E-state index in [1.165, 1.54) is 0 Å². The summed E-state index contributed by atoms with van der Waals surface area (Å²) in [5.74, 6) is 0. The van der Waals surface area contributed by atoms with Gasteiger partial charge in [0.25, 0.3) is 0 Å². The van der Waals surface area contributed by atoms with Crippen LogP contribution in [0.4, 0.5) is 0 Å². The van der Waals surface area contributed by atoms with Crippen molar-refractivity contribution in [3.8, 4) is 0 Å². The molecule has 4 heteroatoms. The summed E-state index contributed by atoms with van der Waals surface area (Å²) in [7, 11) is 1.90. The lowest BCUT2D eigenvalue weighted by atomic mass is 10.3. The summed E-state index contributed by atoms with van der Waals surface area (Å²) in [6.07, 6.45) is 1.83. The Hall–Kier alpha value is -0.900. The van der Waals surface area contributed by atoms with Crippen molar-refractivity contribution in [3.05, 3.63) is 15.9 Å². The second-order valence-corrected chi connectivity index (χ2v) is 3.03. The molecule has 12 heavy (non-hydrogen) atoms.